The van der Waals surface area contributed by atoms with Crippen molar-refractivity contribution in [3.63, 3.8) is 0 Å². The van der Waals surface area contributed by atoms with Crippen LogP contribution in [0, 0.1) is 0 Å². The molecule has 4 rings (SSSR count). The van der Waals surface area contributed by atoms with Gasteiger partial charge >= 0.3 is 0 Å². The van der Waals surface area contributed by atoms with Gasteiger partial charge in [0, 0.05) is 35.6 Å². The Kier molecular flexibility index (Phi) is 6.18. The van der Waals surface area contributed by atoms with Gasteiger partial charge in [-0.2, -0.15) is 0 Å². The first-order valence-corrected chi connectivity index (χ1v) is 10.5. The lowest BCUT2D eigenvalue weighted by molar-refractivity contribution is 0.0996. The fourth-order valence-electron chi connectivity index (χ4n) is 3.78. The van der Waals surface area contributed by atoms with Crippen LogP contribution in [0.15, 0.2) is 60.8 Å². The number of anilines is 1. The number of nitrogens with two attached hydrogens (primary N) is 1. The van der Waals surface area contributed by atoms with Crippen LogP contribution in [0.2, 0.25) is 0 Å². The van der Waals surface area contributed by atoms with E-state index >= 15 is 0 Å². The maximum Gasteiger partial charge on any atom is 0.259 e. The van der Waals surface area contributed by atoms with Crippen molar-refractivity contribution in [1.82, 2.24) is 4.98 Å². The summed E-state index contributed by atoms with van der Waals surface area (Å²) in [6, 6.07) is 17.7. The van der Waals surface area contributed by atoms with Gasteiger partial charge in [0.05, 0.1) is 25.5 Å². The van der Waals surface area contributed by atoms with Crippen LogP contribution in [-0.4, -0.2) is 24.1 Å². The average molecular weight is 418 g/mol. The molecule has 2 heterocycles. The van der Waals surface area contributed by atoms with Gasteiger partial charge in [-0.15, -0.1) is 0 Å². The number of aromatic nitrogens is 1. The van der Waals surface area contributed by atoms with E-state index in [2.05, 4.69) is 17.1 Å². The third kappa shape index (κ3) is 4.54. The number of methoxy groups -OCH3 is 1. The van der Waals surface area contributed by atoms with E-state index in [1.54, 1.807) is 24.3 Å². The van der Waals surface area contributed by atoms with E-state index in [4.69, 9.17) is 15.2 Å². The van der Waals surface area contributed by atoms with Gasteiger partial charge in [0.25, 0.3) is 5.91 Å². The fourth-order valence-corrected chi connectivity index (χ4v) is 3.78. The third-order valence-corrected chi connectivity index (χ3v) is 5.53. The predicted octanol–water partition coefficient (Wildman–Crippen LogP) is 4.11. The molecule has 31 heavy (non-hydrogen) atoms. The molecular weight excluding hydrogens is 390 g/mol. The molecule has 0 fully saturated rings. The molecule has 0 radical (unpaired) electrons. The number of fused-ring (bicyclic) bond motifs is 1. The second-order valence-electron chi connectivity index (χ2n) is 7.72. The minimum absolute atomic E-state index is 0.00727. The quantitative estimate of drug-likeness (QED) is 0.597. The first-order chi connectivity index (χ1) is 15.1. The van der Waals surface area contributed by atoms with Crippen LogP contribution in [0.25, 0.3) is 0 Å². The lowest BCUT2D eigenvalue weighted by Crippen LogP contribution is -2.23. The van der Waals surface area contributed by atoms with Crippen molar-refractivity contribution in [3.05, 3.63) is 83.2 Å². The molecular formula is C25H27N3O3. The van der Waals surface area contributed by atoms with E-state index in [-0.39, 0.29) is 12.0 Å². The van der Waals surface area contributed by atoms with E-state index in [1.165, 1.54) is 5.56 Å². The number of amides is 1. The minimum Gasteiger partial charge on any atom is -0.493 e. The standard InChI is InChI=1S/C25H27N3O3/c1-17(8-9-18-6-4-3-5-7-18)31-24-13-21(10-11-23(24)30-2)28-16-19-15-27-20(14-26)12-22(19)25(28)29/h3-7,10-13,15,17H,8-9,14,16,26H2,1-2H3. The largest absolute Gasteiger partial charge is 0.493 e. The summed E-state index contributed by atoms with van der Waals surface area (Å²) < 4.78 is 11.7. The number of carbonyl (C=O) groups is 1. The SMILES string of the molecule is COc1ccc(N2Cc3cnc(CN)cc3C2=O)cc1OC(C)CCc1ccccc1. The molecule has 6 nitrogen and oxygen atoms in total. The van der Waals surface area contributed by atoms with Gasteiger partial charge in [0.1, 0.15) is 0 Å². The predicted molar refractivity (Wildman–Crippen MR) is 120 cm³/mol. The molecule has 1 atom stereocenters. The lowest BCUT2D eigenvalue weighted by Gasteiger charge is -2.21. The van der Waals surface area contributed by atoms with Gasteiger partial charge < -0.3 is 20.1 Å². The van der Waals surface area contributed by atoms with E-state index < -0.39 is 0 Å². The molecule has 2 N–H and O–H groups in total. The van der Waals surface area contributed by atoms with Crippen molar-refractivity contribution in [1.29, 1.82) is 0 Å². The first kappa shape index (κ1) is 20.9. The molecule has 160 valence electrons. The normalized spacial score (nSPS) is 13.8. The number of benzene rings is 2. The number of rotatable bonds is 8. The monoisotopic (exact) mass is 417 g/mol. The maximum absolute atomic E-state index is 13.0. The molecule has 3 aromatic rings. The molecule has 1 aromatic heterocycles. The molecule has 1 aliphatic rings. The van der Waals surface area contributed by atoms with Gasteiger partial charge in [0.15, 0.2) is 11.5 Å². The number of pyridine rings is 1. The fraction of sp³-hybridized carbons (Fsp3) is 0.280. The van der Waals surface area contributed by atoms with Crippen molar-refractivity contribution in [2.24, 2.45) is 5.73 Å². The Balaban J connectivity index is 1.50. The van der Waals surface area contributed by atoms with Crippen LogP contribution in [-0.2, 0) is 19.5 Å². The van der Waals surface area contributed by atoms with E-state index in [1.807, 2.05) is 43.3 Å². The van der Waals surface area contributed by atoms with Crippen LogP contribution in [0.4, 0.5) is 5.69 Å². The molecule has 0 spiro atoms. The summed E-state index contributed by atoms with van der Waals surface area (Å²) in [5.41, 5.74) is 9.99. The summed E-state index contributed by atoms with van der Waals surface area (Å²) in [7, 11) is 1.62. The number of nitrogens with zero attached hydrogens (tertiary/aromatic N) is 2. The Morgan fingerprint density at radius 3 is 2.68 bits per heavy atom. The first-order valence-electron chi connectivity index (χ1n) is 10.5. The molecule has 2 aromatic carbocycles. The number of aryl methyl sites for hydroxylation is 1. The van der Waals surface area contributed by atoms with Gasteiger partial charge in [-0.3, -0.25) is 9.78 Å². The van der Waals surface area contributed by atoms with E-state index in [9.17, 15) is 4.79 Å². The molecule has 0 bridgehead atoms. The second-order valence-corrected chi connectivity index (χ2v) is 7.72. The van der Waals surface area contributed by atoms with Gasteiger partial charge in [-0.1, -0.05) is 30.3 Å². The Morgan fingerprint density at radius 1 is 1.13 bits per heavy atom. The highest BCUT2D eigenvalue weighted by Gasteiger charge is 2.30. The molecule has 0 saturated carbocycles. The molecule has 1 aliphatic heterocycles. The summed E-state index contributed by atoms with van der Waals surface area (Å²) in [5.74, 6) is 1.22. The van der Waals surface area contributed by atoms with Crippen LogP contribution in [0.3, 0.4) is 0 Å². The van der Waals surface area contributed by atoms with Crippen molar-refractivity contribution in [3.8, 4) is 11.5 Å². The van der Waals surface area contributed by atoms with Gasteiger partial charge in [0.2, 0.25) is 0 Å². The van der Waals surface area contributed by atoms with Gasteiger partial charge in [-0.25, -0.2) is 0 Å². The summed E-state index contributed by atoms with van der Waals surface area (Å²) in [6.07, 6.45) is 3.54. The molecule has 0 saturated heterocycles. The number of carbonyl (C=O) groups excluding carboxylic acids is 1. The molecule has 1 amide bonds. The van der Waals surface area contributed by atoms with Gasteiger partial charge in [-0.05, 0) is 43.5 Å². The van der Waals surface area contributed by atoms with Crippen molar-refractivity contribution in [2.75, 3.05) is 12.0 Å². The Hall–Kier alpha value is -3.38. The van der Waals surface area contributed by atoms with E-state index in [0.29, 0.717) is 35.8 Å². The zero-order chi connectivity index (χ0) is 21.8. The summed E-state index contributed by atoms with van der Waals surface area (Å²) in [5, 5.41) is 0. The zero-order valence-corrected chi connectivity index (χ0v) is 17.9. The zero-order valence-electron chi connectivity index (χ0n) is 17.9. The molecule has 6 heteroatoms. The minimum atomic E-state index is -0.0552. The molecule has 0 aliphatic carbocycles. The average Bonchev–Trinajstić information content (AvgIpc) is 3.14. The Labute approximate surface area is 182 Å². The highest BCUT2D eigenvalue weighted by molar-refractivity contribution is 6.10. The molecule has 1 unspecified atom stereocenters. The summed E-state index contributed by atoms with van der Waals surface area (Å²) in [6.45, 7) is 2.83. The third-order valence-electron chi connectivity index (χ3n) is 5.53. The maximum atomic E-state index is 13.0. The van der Waals surface area contributed by atoms with Crippen molar-refractivity contribution < 1.29 is 14.3 Å². The Bertz CT molecular complexity index is 1070. The topological polar surface area (TPSA) is 77.7 Å². The number of hydrogen-bond donors (Lipinski definition) is 1. The number of hydrogen-bond acceptors (Lipinski definition) is 5. The van der Waals surface area contributed by atoms with E-state index in [0.717, 1.165) is 24.1 Å². The number of ether oxygens (including phenoxy) is 2. The highest BCUT2D eigenvalue weighted by Crippen LogP contribution is 2.36. The lowest BCUT2D eigenvalue weighted by atomic mass is 10.1. The van der Waals surface area contributed by atoms with Crippen molar-refractivity contribution in [2.45, 2.75) is 39.0 Å². The second kappa shape index (κ2) is 9.18. The highest BCUT2D eigenvalue weighted by atomic mass is 16.5. The summed E-state index contributed by atoms with van der Waals surface area (Å²) >= 11 is 0. The van der Waals surface area contributed by atoms with Crippen LogP contribution >= 0.6 is 0 Å². The summed E-state index contributed by atoms with van der Waals surface area (Å²) in [4.78, 5) is 19.0. The van der Waals surface area contributed by atoms with Crippen molar-refractivity contribution >= 4 is 11.6 Å². The smallest absolute Gasteiger partial charge is 0.259 e. The van der Waals surface area contributed by atoms with Crippen LogP contribution < -0.4 is 20.1 Å². The van der Waals surface area contributed by atoms with Crippen LogP contribution in [0.5, 0.6) is 11.5 Å². The Morgan fingerprint density at radius 2 is 1.94 bits per heavy atom. The van der Waals surface area contributed by atoms with Crippen LogP contribution in [0.1, 0.15) is 40.5 Å².